The van der Waals surface area contributed by atoms with Gasteiger partial charge in [-0.25, -0.2) is 0 Å². The van der Waals surface area contributed by atoms with Gasteiger partial charge in [0.2, 0.25) is 11.8 Å². The summed E-state index contributed by atoms with van der Waals surface area (Å²) in [6, 6.07) is 0. The van der Waals surface area contributed by atoms with E-state index in [1.165, 1.54) is 0 Å². The number of carbonyl (C=O) groups excluding carboxylic acids is 2. The molecule has 0 aromatic rings. The zero-order chi connectivity index (χ0) is 15.6. The molecule has 0 aliphatic carbocycles. The predicted octanol–water partition coefficient (Wildman–Crippen LogP) is 2.39. The van der Waals surface area contributed by atoms with Gasteiger partial charge in [-0.15, -0.1) is 0 Å². The molecule has 21 heavy (non-hydrogen) atoms. The van der Waals surface area contributed by atoms with Crippen molar-refractivity contribution in [3.8, 4) is 0 Å². The van der Waals surface area contributed by atoms with Crippen LogP contribution >= 0.6 is 0 Å². The average Bonchev–Trinajstić information content (AvgIpc) is 2.99. The molecule has 0 aromatic carbocycles. The second-order valence-electron chi connectivity index (χ2n) is 7.21. The Balaban J connectivity index is 1.78. The molecule has 0 N–H and O–H groups in total. The third-order valence-electron chi connectivity index (χ3n) is 5.47. The van der Waals surface area contributed by atoms with Crippen LogP contribution in [0, 0.1) is 23.7 Å². The van der Waals surface area contributed by atoms with Gasteiger partial charge in [-0.05, 0) is 37.0 Å². The maximum absolute atomic E-state index is 12.0. The first-order valence-corrected chi connectivity index (χ1v) is 8.47. The molecular formula is C17H30N2O2. The first-order chi connectivity index (χ1) is 9.92. The number of amides is 2. The molecule has 0 saturated carbocycles. The van der Waals surface area contributed by atoms with Gasteiger partial charge >= 0.3 is 0 Å². The van der Waals surface area contributed by atoms with E-state index in [1.54, 1.807) is 0 Å². The monoisotopic (exact) mass is 294 g/mol. The molecule has 4 nitrogen and oxygen atoms in total. The number of carbonyl (C=O) groups is 2. The lowest BCUT2D eigenvalue weighted by atomic mass is 9.90. The molecule has 2 aliphatic heterocycles. The Hall–Kier alpha value is -1.06. The van der Waals surface area contributed by atoms with Gasteiger partial charge in [-0.2, -0.15) is 0 Å². The van der Waals surface area contributed by atoms with Crippen molar-refractivity contribution in [3.63, 3.8) is 0 Å². The third-order valence-corrected chi connectivity index (χ3v) is 5.47. The molecule has 0 radical (unpaired) electrons. The van der Waals surface area contributed by atoms with Crippen molar-refractivity contribution in [1.82, 2.24) is 9.80 Å². The minimum atomic E-state index is 0.298. The van der Waals surface area contributed by atoms with Gasteiger partial charge < -0.3 is 9.80 Å². The fraction of sp³-hybridized carbons (Fsp3) is 0.882. The number of likely N-dealkylation sites (tertiary alicyclic amines) is 2. The fourth-order valence-corrected chi connectivity index (χ4v) is 3.55. The van der Waals surface area contributed by atoms with Crippen molar-refractivity contribution >= 4 is 11.8 Å². The van der Waals surface area contributed by atoms with E-state index in [9.17, 15) is 9.59 Å². The van der Waals surface area contributed by atoms with Crippen LogP contribution in [-0.4, -0.2) is 47.8 Å². The number of hydrogen-bond donors (Lipinski definition) is 0. The minimum absolute atomic E-state index is 0.298. The Morgan fingerprint density at radius 1 is 1.00 bits per heavy atom. The van der Waals surface area contributed by atoms with Gasteiger partial charge in [0.15, 0.2) is 0 Å². The summed E-state index contributed by atoms with van der Waals surface area (Å²) in [5.41, 5.74) is 0. The number of nitrogens with zero attached hydrogens (tertiary/aromatic N) is 2. The summed E-state index contributed by atoms with van der Waals surface area (Å²) in [6.07, 6.45) is 2.43. The lowest BCUT2D eigenvalue weighted by Crippen LogP contribution is -2.30. The number of rotatable bonds is 6. The van der Waals surface area contributed by atoms with Crippen LogP contribution in [-0.2, 0) is 9.59 Å². The standard InChI is InChI=1S/C17H30N2O2/c1-5-18-11-15(9-16(18)20)13(4)6-7-19-10-14(12(2)3)8-17(19)21/h12-15H,5-11H2,1-4H3. The molecule has 3 unspecified atom stereocenters. The molecule has 2 fully saturated rings. The molecule has 2 amide bonds. The topological polar surface area (TPSA) is 40.6 Å². The smallest absolute Gasteiger partial charge is 0.222 e. The van der Waals surface area contributed by atoms with E-state index >= 15 is 0 Å². The Morgan fingerprint density at radius 3 is 2.10 bits per heavy atom. The minimum Gasteiger partial charge on any atom is -0.343 e. The van der Waals surface area contributed by atoms with E-state index in [0.717, 1.165) is 39.0 Å². The maximum Gasteiger partial charge on any atom is 0.222 e. The molecule has 2 saturated heterocycles. The zero-order valence-electron chi connectivity index (χ0n) is 14.0. The van der Waals surface area contributed by atoms with E-state index in [-0.39, 0.29) is 0 Å². The quantitative estimate of drug-likeness (QED) is 0.754. The molecule has 2 heterocycles. The van der Waals surface area contributed by atoms with Crippen LogP contribution in [0.2, 0.25) is 0 Å². The van der Waals surface area contributed by atoms with E-state index in [2.05, 4.69) is 20.8 Å². The third kappa shape index (κ3) is 3.78. The van der Waals surface area contributed by atoms with Crippen LogP contribution in [0.1, 0.15) is 47.0 Å². The molecule has 0 bridgehead atoms. The van der Waals surface area contributed by atoms with E-state index in [1.807, 2.05) is 16.7 Å². The highest BCUT2D eigenvalue weighted by Gasteiger charge is 2.34. The first kappa shape index (κ1) is 16.3. The Labute approximate surface area is 128 Å². The second-order valence-corrected chi connectivity index (χ2v) is 7.21. The lowest BCUT2D eigenvalue weighted by Gasteiger charge is -2.23. The normalized spacial score (nSPS) is 28.0. The van der Waals surface area contributed by atoms with Crippen molar-refractivity contribution in [2.75, 3.05) is 26.2 Å². The second kappa shape index (κ2) is 6.80. The van der Waals surface area contributed by atoms with Crippen LogP contribution in [0.5, 0.6) is 0 Å². The van der Waals surface area contributed by atoms with Crippen molar-refractivity contribution in [1.29, 1.82) is 0 Å². The summed E-state index contributed by atoms with van der Waals surface area (Å²) in [5.74, 6) is 2.70. The van der Waals surface area contributed by atoms with Crippen LogP contribution in [0.3, 0.4) is 0 Å². The van der Waals surface area contributed by atoms with Crippen LogP contribution < -0.4 is 0 Å². The van der Waals surface area contributed by atoms with Crippen LogP contribution in [0.4, 0.5) is 0 Å². The Morgan fingerprint density at radius 2 is 1.57 bits per heavy atom. The molecule has 120 valence electrons. The van der Waals surface area contributed by atoms with E-state index in [4.69, 9.17) is 0 Å². The lowest BCUT2D eigenvalue weighted by molar-refractivity contribution is -0.128. The van der Waals surface area contributed by atoms with E-state index in [0.29, 0.717) is 41.9 Å². The van der Waals surface area contributed by atoms with Crippen LogP contribution in [0.15, 0.2) is 0 Å². The largest absolute Gasteiger partial charge is 0.343 e. The molecule has 4 heteroatoms. The van der Waals surface area contributed by atoms with Gasteiger partial charge in [-0.1, -0.05) is 20.8 Å². The molecule has 2 aliphatic rings. The van der Waals surface area contributed by atoms with Crippen molar-refractivity contribution in [2.24, 2.45) is 23.7 Å². The summed E-state index contributed by atoms with van der Waals surface area (Å²) in [7, 11) is 0. The molecule has 0 aromatic heterocycles. The molecule has 3 atom stereocenters. The first-order valence-electron chi connectivity index (χ1n) is 8.47. The van der Waals surface area contributed by atoms with Gasteiger partial charge in [0.1, 0.15) is 0 Å². The Bertz CT molecular complexity index is 394. The SMILES string of the molecule is CCN1CC(C(C)CCN2CC(C(C)C)CC2=O)CC1=O. The fourth-order valence-electron chi connectivity index (χ4n) is 3.55. The van der Waals surface area contributed by atoms with Gasteiger partial charge in [0.25, 0.3) is 0 Å². The van der Waals surface area contributed by atoms with Crippen molar-refractivity contribution in [3.05, 3.63) is 0 Å². The van der Waals surface area contributed by atoms with Gasteiger partial charge in [0, 0.05) is 39.0 Å². The zero-order valence-corrected chi connectivity index (χ0v) is 14.0. The summed E-state index contributed by atoms with van der Waals surface area (Å²) in [6.45, 7) is 12.2. The summed E-state index contributed by atoms with van der Waals surface area (Å²) >= 11 is 0. The Kier molecular flexibility index (Phi) is 5.28. The molecule has 0 spiro atoms. The maximum atomic E-state index is 12.0. The summed E-state index contributed by atoms with van der Waals surface area (Å²) < 4.78 is 0. The summed E-state index contributed by atoms with van der Waals surface area (Å²) in [4.78, 5) is 27.8. The highest BCUT2D eigenvalue weighted by atomic mass is 16.2. The summed E-state index contributed by atoms with van der Waals surface area (Å²) in [5, 5.41) is 0. The molecular weight excluding hydrogens is 264 g/mol. The van der Waals surface area contributed by atoms with Crippen molar-refractivity contribution < 1.29 is 9.59 Å². The van der Waals surface area contributed by atoms with Gasteiger partial charge in [0.05, 0.1) is 0 Å². The highest BCUT2D eigenvalue weighted by molar-refractivity contribution is 5.79. The van der Waals surface area contributed by atoms with E-state index < -0.39 is 0 Å². The van der Waals surface area contributed by atoms with Gasteiger partial charge in [-0.3, -0.25) is 9.59 Å². The average molecular weight is 294 g/mol. The van der Waals surface area contributed by atoms with Crippen molar-refractivity contribution in [2.45, 2.75) is 47.0 Å². The predicted molar refractivity (Wildman–Crippen MR) is 83.7 cm³/mol. The number of hydrogen-bond acceptors (Lipinski definition) is 2. The van der Waals surface area contributed by atoms with Crippen LogP contribution in [0.25, 0.3) is 0 Å². The molecule has 2 rings (SSSR count). The highest BCUT2D eigenvalue weighted by Crippen LogP contribution is 2.29.